The molecule has 2 aromatic rings. The van der Waals surface area contributed by atoms with Crippen LogP contribution in [-0.4, -0.2) is 30.9 Å². The first-order chi connectivity index (χ1) is 9.22. The van der Waals surface area contributed by atoms with Crippen LogP contribution in [0, 0.1) is 0 Å². The molecule has 2 unspecified atom stereocenters. The number of fused-ring (bicyclic) bond motifs is 3. The van der Waals surface area contributed by atoms with Gasteiger partial charge in [0.25, 0.3) is 0 Å². The van der Waals surface area contributed by atoms with Crippen molar-refractivity contribution < 1.29 is 9.84 Å². The Hall–Kier alpha value is -1.74. The van der Waals surface area contributed by atoms with Gasteiger partial charge < -0.3 is 14.7 Å². The van der Waals surface area contributed by atoms with E-state index in [1.165, 1.54) is 5.39 Å². The molecule has 1 N–H and O–H groups in total. The lowest BCUT2D eigenvalue weighted by Gasteiger charge is -2.40. The van der Waals surface area contributed by atoms with Crippen LogP contribution in [-0.2, 0) is 0 Å². The number of hydrogen-bond acceptors (Lipinski definition) is 3. The number of hydrogen-bond donors (Lipinski definition) is 1. The summed E-state index contributed by atoms with van der Waals surface area (Å²) in [7, 11) is 2.09. The molecule has 0 bridgehead atoms. The normalized spacial score (nSPS) is 22.2. The van der Waals surface area contributed by atoms with E-state index in [2.05, 4.69) is 43.1 Å². The molecule has 100 valence electrons. The Bertz CT molecular complexity index is 596. The van der Waals surface area contributed by atoms with E-state index in [9.17, 15) is 5.11 Å². The molecule has 0 aromatic heterocycles. The van der Waals surface area contributed by atoms with Crippen molar-refractivity contribution in [2.24, 2.45) is 0 Å². The molecule has 0 aliphatic carbocycles. The van der Waals surface area contributed by atoms with Crippen molar-refractivity contribution in [2.45, 2.75) is 25.5 Å². The number of ether oxygens (including phenoxy) is 1. The average molecular weight is 257 g/mol. The number of benzene rings is 2. The van der Waals surface area contributed by atoms with Crippen LogP contribution in [0.3, 0.4) is 0 Å². The largest absolute Gasteiger partial charge is 0.485 e. The summed E-state index contributed by atoms with van der Waals surface area (Å²) >= 11 is 0. The minimum atomic E-state index is 0.0355. The fourth-order valence-electron chi connectivity index (χ4n) is 2.78. The van der Waals surface area contributed by atoms with Crippen molar-refractivity contribution in [3.8, 4) is 5.75 Å². The minimum absolute atomic E-state index is 0.0355. The lowest BCUT2D eigenvalue weighted by atomic mass is 10.0. The lowest BCUT2D eigenvalue weighted by molar-refractivity contribution is 0.125. The van der Waals surface area contributed by atoms with Gasteiger partial charge in [0.05, 0.1) is 11.7 Å². The quantitative estimate of drug-likeness (QED) is 0.898. The van der Waals surface area contributed by atoms with E-state index in [-0.39, 0.29) is 18.8 Å². The minimum Gasteiger partial charge on any atom is -0.485 e. The molecule has 3 rings (SSSR count). The molecule has 1 aliphatic heterocycles. The Labute approximate surface area is 113 Å². The first-order valence-electron chi connectivity index (χ1n) is 6.74. The average Bonchev–Trinajstić information content (AvgIpc) is 2.44. The molecular formula is C16H19NO2. The summed E-state index contributed by atoms with van der Waals surface area (Å²) in [5.41, 5.74) is 1.13. The number of anilines is 1. The molecular weight excluding hydrogens is 238 g/mol. The molecule has 1 aliphatic rings. The second-order valence-electron chi connectivity index (χ2n) is 5.16. The van der Waals surface area contributed by atoms with Crippen molar-refractivity contribution in [3.05, 3.63) is 36.4 Å². The van der Waals surface area contributed by atoms with Crippen LogP contribution in [0.15, 0.2) is 36.4 Å². The van der Waals surface area contributed by atoms with E-state index >= 15 is 0 Å². The van der Waals surface area contributed by atoms with E-state index < -0.39 is 0 Å². The van der Waals surface area contributed by atoms with Crippen LogP contribution in [0.25, 0.3) is 10.8 Å². The molecule has 3 heteroatoms. The second-order valence-corrected chi connectivity index (χ2v) is 5.16. The van der Waals surface area contributed by atoms with Crippen LogP contribution in [0.1, 0.15) is 13.3 Å². The zero-order valence-corrected chi connectivity index (χ0v) is 11.3. The number of rotatable bonds is 2. The fourth-order valence-corrected chi connectivity index (χ4v) is 2.78. The molecule has 2 atom stereocenters. The maximum atomic E-state index is 9.19. The van der Waals surface area contributed by atoms with Crippen molar-refractivity contribution in [2.75, 3.05) is 18.6 Å². The predicted molar refractivity (Wildman–Crippen MR) is 77.9 cm³/mol. The Morgan fingerprint density at radius 2 is 2.00 bits per heavy atom. The van der Waals surface area contributed by atoms with Crippen LogP contribution in [0.5, 0.6) is 5.75 Å². The highest BCUT2D eigenvalue weighted by atomic mass is 16.5. The van der Waals surface area contributed by atoms with Crippen molar-refractivity contribution in [3.63, 3.8) is 0 Å². The molecule has 1 heterocycles. The number of aliphatic hydroxyl groups excluding tert-OH is 1. The summed E-state index contributed by atoms with van der Waals surface area (Å²) in [5, 5.41) is 11.5. The SMILES string of the molecule is CC1C(CCO)Oc2c(ccc3ccccc23)N1C. The van der Waals surface area contributed by atoms with Crippen LogP contribution in [0.4, 0.5) is 5.69 Å². The Morgan fingerprint density at radius 3 is 2.79 bits per heavy atom. The van der Waals surface area contributed by atoms with Crippen molar-refractivity contribution >= 4 is 16.5 Å². The molecule has 19 heavy (non-hydrogen) atoms. The molecule has 0 saturated carbocycles. The Kier molecular flexibility index (Phi) is 3.07. The monoisotopic (exact) mass is 257 g/mol. The first kappa shape index (κ1) is 12.3. The fraction of sp³-hybridized carbons (Fsp3) is 0.375. The zero-order chi connectivity index (χ0) is 13.4. The first-order valence-corrected chi connectivity index (χ1v) is 6.74. The van der Waals surface area contributed by atoms with E-state index in [0.29, 0.717) is 6.42 Å². The molecule has 3 nitrogen and oxygen atoms in total. The Morgan fingerprint density at radius 1 is 1.21 bits per heavy atom. The molecule has 0 amide bonds. The molecule has 0 saturated heterocycles. The summed E-state index contributed by atoms with van der Waals surface area (Å²) in [6.07, 6.45) is 0.696. The maximum absolute atomic E-state index is 9.19. The van der Waals surface area contributed by atoms with E-state index in [1.54, 1.807) is 0 Å². The van der Waals surface area contributed by atoms with Crippen LogP contribution >= 0.6 is 0 Å². The number of nitrogens with zero attached hydrogens (tertiary/aromatic N) is 1. The zero-order valence-electron chi connectivity index (χ0n) is 11.3. The number of aliphatic hydroxyl groups is 1. The van der Waals surface area contributed by atoms with Crippen LogP contribution < -0.4 is 9.64 Å². The molecule has 0 fully saturated rings. The van der Waals surface area contributed by atoms with Gasteiger partial charge in [0, 0.05) is 25.5 Å². The third kappa shape index (κ3) is 1.94. The van der Waals surface area contributed by atoms with Gasteiger partial charge in [-0.3, -0.25) is 0 Å². The Balaban J connectivity index is 2.14. The van der Waals surface area contributed by atoms with E-state index in [1.807, 2.05) is 12.1 Å². The van der Waals surface area contributed by atoms with E-state index in [0.717, 1.165) is 16.8 Å². The van der Waals surface area contributed by atoms with Crippen molar-refractivity contribution in [1.29, 1.82) is 0 Å². The third-order valence-electron chi connectivity index (χ3n) is 4.07. The highest BCUT2D eigenvalue weighted by Gasteiger charge is 2.31. The standard InChI is InChI=1S/C16H19NO2/c1-11-15(9-10-18)19-16-13-6-4-3-5-12(13)7-8-14(16)17(11)2/h3-8,11,15,18H,9-10H2,1-2H3. The molecule has 0 radical (unpaired) electrons. The molecule has 0 spiro atoms. The summed E-state index contributed by atoms with van der Waals surface area (Å²) in [4.78, 5) is 2.24. The third-order valence-corrected chi connectivity index (χ3v) is 4.07. The van der Waals surface area contributed by atoms with Gasteiger partial charge in [-0.2, -0.15) is 0 Å². The van der Waals surface area contributed by atoms with Gasteiger partial charge in [-0.25, -0.2) is 0 Å². The summed E-state index contributed by atoms with van der Waals surface area (Å²) < 4.78 is 6.17. The highest BCUT2D eigenvalue weighted by Crippen LogP contribution is 2.41. The lowest BCUT2D eigenvalue weighted by Crippen LogP contribution is -2.46. The highest BCUT2D eigenvalue weighted by molar-refractivity contribution is 5.94. The topological polar surface area (TPSA) is 32.7 Å². The van der Waals surface area contributed by atoms with Gasteiger partial charge in [-0.05, 0) is 18.4 Å². The van der Waals surface area contributed by atoms with Crippen LogP contribution in [0.2, 0.25) is 0 Å². The summed E-state index contributed by atoms with van der Waals surface area (Å²) in [5.74, 6) is 0.942. The second kappa shape index (κ2) is 4.74. The number of likely N-dealkylation sites (N-methyl/N-ethyl adjacent to an activating group) is 1. The molecule has 2 aromatic carbocycles. The van der Waals surface area contributed by atoms with Gasteiger partial charge >= 0.3 is 0 Å². The summed E-state index contributed by atoms with van der Waals surface area (Å²) in [6.45, 7) is 2.29. The smallest absolute Gasteiger partial charge is 0.150 e. The van der Waals surface area contributed by atoms with Gasteiger partial charge in [-0.1, -0.05) is 30.3 Å². The van der Waals surface area contributed by atoms with Crippen molar-refractivity contribution in [1.82, 2.24) is 0 Å². The van der Waals surface area contributed by atoms with Gasteiger partial charge in [0.15, 0.2) is 5.75 Å². The summed E-state index contributed by atoms with van der Waals surface area (Å²) in [6, 6.07) is 12.8. The van der Waals surface area contributed by atoms with E-state index in [4.69, 9.17) is 4.74 Å². The van der Waals surface area contributed by atoms with Gasteiger partial charge in [-0.15, -0.1) is 0 Å². The van der Waals surface area contributed by atoms with Gasteiger partial charge in [0.2, 0.25) is 0 Å². The predicted octanol–water partition coefficient (Wildman–Crippen LogP) is 2.81. The maximum Gasteiger partial charge on any atom is 0.150 e. The van der Waals surface area contributed by atoms with Gasteiger partial charge in [0.1, 0.15) is 6.10 Å².